The van der Waals surface area contributed by atoms with Crippen LogP contribution in [0.3, 0.4) is 0 Å². The van der Waals surface area contributed by atoms with Gasteiger partial charge in [0.25, 0.3) is 0 Å². The molecule has 0 aromatic heterocycles. The van der Waals surface area contributed by atoms with Crippen LogP contribution < -0.4 is 9.47 Å². The van der Waals surface area contributed by atoms with Crippen molar-refractivity contribution in [2.75, 3.05) is 13.7 Å². The number of carbonyl (C=O) groups excluding carboxylic acids is 2. The largest absolute Gasteiger partial charge is 0.496 e. The Kier molecular flexibility index (Phi) is 6.11. The van der Waals surface area contributed by atoms with E-state index in [9.17, 15) is 14.0 Å². The summed E-state index contributed by atoms with van der Waals surface area (Å²) in [5.41, 5.74) is 0.942. The summed E-state index contributed by atoms with van der Waals surface area (Å²) in [6.07, 6.45) is 1.11. The number of ether oxygens (including phenoxy) is 4. The number of carbonyl (C=O) groups is 2. The van der Waals surface area contributed by atoms with Crippen LogP contribution in [-0.4, -0.2) is 31.8 Å². The smallest absolute Gasteiger partial charge is 0.342 e. The lowest BCUT2D eigenvalue weighted by molar-refractivity contribution is -0.145. The van der Waals surface area contributed by atoms with E-state index in [2.05, 4.69) is 0 Å². The predicted octanol–water partition coefficient (Wildman–Crippen LogP) is 4.16. The molecule has 0 N–H and O–H groups in total. The first-order valence-corrected chi connectivity index (χ1v) is 10.4. The highest BCUT2D eigenvalue weighted by molar-refractivity contribution is 5.93. The molecule has 0 saturated heterocycles. The fourth-order valence-electron chi connectivity index (χ4n) is 4.41. The Balaban J connectivity index is 1.41. The van der Waals surface area contributed by atoms with Gasteiger partial charge < -0.3 is 18.9 Å². The van der Waals surface area contributed by atoms with E-state index in [1.54, 1.807) is 6.92 Å². The fourth-order valence-corrected chi connectivity index (χ4v) is 4.41. The molecule has 0 spiro atoms. The van der Waals surface area contributed by atoms with Crippen molar-refractivity contribution in [3.63, 3.8) is 0 Å². The number of rotatable bonds is 8. The number of hydrogen-bond acceptors (Lipinski definition) is 6. The van der Waals surface area contributed by atoms with E-state index >= 15 is 0 Å². The molecule has 0 aliphatic heterocycles. The Morgan fingerprint density at radius 1 is 1.03 bits per heavy atom. The summed E-state index contributed by atoms with van der Waals surface area (Å²) < 4.78 is 36.0. The van der Waals surface area contributed by atoms with E-state index in [-0.39, 0.29) is 53.5 Å². The molecule has 2 aliphatic carbocycles. The molecule has 31 heavy (non-hydrogen) atoms. The molecule has 0 bridgehead atoms. The van der Waals surface area contributed by atoms with Gasteiger partial charge in [-0.25, -0.2) is 9.18 Å². The van der Waals surface area contributed by atoms with Crippen molar-refractivity contribution in [3.05, 3.63) is 59.4 Å². The summed E-state index contributed by atoms with van der Waals surface area (Å²) >= 11 is 0. The SMILES string of the molecule is CCOC(=O)[C@H]1[C@@H]2C[C@H](Oc3cc(C(=O)OCc4ccccc4)c(OC)cc3F)C[C@@H]21. The molecule has 0 amide bonds. The maximum absolute atomic E-state index is 14.6. The van der Waals surface area contributed by atoms with Gasteiger partial charge in [-0.05, 0) is 37.2 Å². The minimum absolute atomic E-state index is 0.0218. The molecule has 0 heterocycles. The zero-order valence-corrected chi connectivity index (χ0v) is 17.5. The molecule has 2 saturated carbocycles. The number of fused-ring (bicyclic) bond motifs is 1. The molecule has 6 nitrogen and oxygen atoms in total. The average molecular weight is 428 g/mol. The summed E-state index contributed by atoms with van der Waals surface area (Å²) in [7, 11) is 1.36. The second-order valence-electron chi connectivity index (χ2n) is 7.86. The number of hydrogen-bond donors (Lipinski definition) is 0. The fraction of sp³-hybridized carbons (Fsp3) is 0.417. The standard InChI is InChI=1S/C24H25FO6/c1-3-29-24(27)22-16-9-15(10-17(16)22)31-21-11-18(20(28-2)12-19(21)25)23(26)30-13-14-7-5-4-6-8-14/h4-8,11-12,15-17,22H,3,9-10,13H2,1-2H3/t15-,16+,17-,22-. The molecule has 164 valence electrons. The van der Waals surface area contributed by atoms with Crippen LogP contribution >= 0.6 is 0 Å². The van der Waals surface area contributed by atoms with E-state index < -0.39 is 11.8 Å². The topological polar surface area (TPSA) is 71.1 Å². The van der Waals surface area contributed by atoms with Crippen LogP contribution in [0.5, 0.6) is 11.5 Å². The number of methoxy groups -OCH3 is 1. The molecule has 0 unspecified atom stereocenters. The molecular weight excluding hydrogens is 403 g/mol. The van der Waals surface area contributed by atoms with Gasteiger partial charge in [0, 0.05) is 12.1 Å². The van der Waals surface area contributed by atoms with Gasteiger partial charge in [0.1, 0.15) is 17.9 Å². The van der Waals surface area contributed by atoms with Crippen molar-refractivity contribution >= 4 is 11.9 Å². The van der Waals surface area contributed by atoms with Gasteiger partial charge in [0.2, 0.25) is 0 Å². The van der Waals surface area contributed by atoms with Crippen molar-refractivity contribution in [1.82, 2.24) is 0 Å². The lowest BCUT2D eigenvalue weighted by Gasteiger charge is -2.18. The van der Waals surface area contributed by atoms with Gasteiger partial charge >= 0.3 is 11.9 Å². The molecule has 2 aromatic carbocycles. The monoisotopic (exact) mass is 428 g/mol. The van der Waals surface area contributed by atoms with E-state index in [0.29, 0.717) is 19.4 Å². The number of benzene rings is 2. The van der Waals surface area contributed by atoms with E-state index in [0.717, 1.165) is 11.6 Å². The highest BCUT2D eigenvalue weighted by Gasteiger charge is 2.61. The molecule has 2 fully saturated rings. The van der Waals surface area contributed by atoms with E-state index in [1.165, 1.54) is 13.2 Å². The average Bonchev–Trinajstić information content (AvgIpc) is 3.29. The number of halogens is 1. The first kappa shape index (κ1) is 21.2. The second-order valence-corrected chi connectivity index (χ2v) is 7.86. The third-order valence-corrected chi connectivity index (χ3v) is 5.94. The van der Waals surface area contributed by atoms with Crippen LogP contribution in [-0.2, 0) is 20.9 Å². The summed E-state index contributed by atoms with van der Waals surface area (Å²) in [4.78, 5) is 24.5. The highest BCUT2D eigenvalue weighted by Crippen LogP contribution is 2.58. The van der Waals surface area contributed by atoms with Gasteiger partial charge in [-0.2, -0.15) is 0 Å². The van der Waals surface area contributed by atoms with Crippen molar-refractivity contribution < 1.29 is 32.9 Å². The summed E-state index contributed by atoms with van der Waals surface area (Å²) in [6, 6.07) is 11.7. The Hall–Kier alpha value is -3.09. The van der Waals surface area contributed by atoms with E-state index in [4.69, 9.17) is 18.9 Å². The van der Waals surface area contributed by atoms with Crippen molar-refractivity contribution in [2.45, 2.75) is 32.5 Å². The van der Waals surface area contributed by atoms with Crippen LogP contribution in [0.2, 0.25) is 0 Å². The zero-order chi connectivity index (χ0) is 22.0. The molecule has 0 radical (unpaired) electrons. The molecule has 4 rings (SSSR count). The van der Waals surface area contributed by atoms with E-state index in [1.807, 2.05) is 30.3 Å². The highest BCUT2D eigenvalue weighted by atomic mass is 19.1. The van der Waals surface area contributed by atoms with Crippen molar-refractivity contribution in [3.8, 4) is 11.5 Å². The van der Waals surface area contributed by atoms with Gasteiger partial charge in [-0.3, -0.25) is 4.79 Å². The van der Waals surface area contributed by atoms with Crippen LogP contribution in [0.1, 0.15) is 35.7 Å². The van der Waals surface area contributed by atoms with Gasteiger partial charge in [0.15, 0.2) is 11.6 Å². The third-order valence-electron chi connectivity index (χ3n) is 5.94. The Morgan fingerprint density at radius 3 is 2.39 bits per heavy atom. The summed E-state index contributed by atoms with van der Waals surface area (Å²) in [5.74, 6) is -0.951. The lowest BCUT2D eigenvalue weighted by Crippen LogP contribution is -2.20. The summed E-state index contributed by atoms with van der Waals surface area (Å²) in [5, 5.41) is 0. The van der Waals surface area contributed by atoms with Gasteiger partial charge in [-0.15, -0.1) is 0 Å². The first-order valence-electron chi connectivity index (χ1n) is 10.4. The van der Waals surface area contributed by atoms with Crippen molar-refractivity contribution in [2.24, 2.45) is 17.8 Å². The molecule has 4 atom stereocenters. The Labute approximate surface area is 180 Å². The van der Waals surface area contributed by atoms with Gasteiger partial charge in [-0.1, -0.05) is 30.3 Å². The summed E-state index contributed by atoms with van der Waals surface area (Å²) in [6.45, 7) is 2.25. The van der Waals surface area contributed by atoms with Crippen molar-refractivity contribution in [1.29, 1.82) is 0 Å². The predicted molar refractivity (Wildman–Crippen MR) is 109 cm³/mol. The number of esters is 2. The second kappa shape index (κ2) is 8.96. The minimum atomic E-state index is -0.623. The molecule has 7 heteroatoms. The van der Waals surface area contributed by atoms with Crippen LogP contribution in [0.15, 0.2) is 42.5 Å². The van der Waals surface area contributed by atoms with Crippen LogP contribution in [0, 0.1) is 23.6 Å². The quantitative estimate of drug-likeness (QED) is 0.588. The normalized spacial score (nSPS) is 23.6. The van der Waals surface area contributed by atoms with Gasteiger partial charge in [0.05, 0.1) is 25.7 Å². The zero-order valence-electron chi connectivity index (χ0n) is 17.5. The minimum Gasteiger partial charge on any atom is -0.496 e. The van der Waals surface area contributed by atoms with Crippen LogP contribution in [0.25, 0.3) is 0 Å². The molecule has 2 aromatic rings. The third kappa shape index (κ3) is 4.50. The molecule has 2 aliphatic rings. The maximum atomic E-state index is 14.6. The Morgan fingerprint density at radius 2 is 1.74 bits per heavy atom. The maximum Gasteiger partial charge on any atom is 0.342 e. The lowest BCUT2D eigenvalue weighted by atomic mass is 10.1. The first-order chi connectivity index (χ1) is 15.0. The van der Waals surface area contributed by atoms with Crippen LogP contribution in [0.4, 0.5) is 4.39 Å². The molecular formula is C24H25FO6. The Bertz CT molecular complexity index is 948.